The number of rotatable bonds is 14. The molecule has 8 heteroatoms. The van der Waals surface area contributed by atoms with Crippen LogP contribution in [0.2, 0.25) is 0 Å². The standard InChI is InChI=1S/C78H64F2N4O.Pt/c1-47(2)63-41-58(52-23-13-10-14-24-52)42-64(48(3)4)75(63)83-71-32-18-17-31-69(71)81-77(83)57-26-19-27-61(40-57)85-73-46-60(39-55-25-15-16-28-62(55)73)78-82-70-38-37-56(74-67(79)29-20-30-68(74)80)45-72(70)84(78)76-65(49(5)6)43-59(44-66(76)50(7)8)54-35-33-53(34-36-54)51-21-11-9-12-22-51;/h9-39,41-45,47-50H,1-8H3;/q-2;+2. The van der Waals surface area contributed by atoms with Crippen molar-refractivity contribution in [2.45, 2.75) is 79.1 Å². The Hall–Kier alpha value is -9.03. The third kappa shape index (κ3) is 10.7. The molecule has 86 heavy (non-hydrogen) atoms. The van der Waals surface area contributed by atoms with Crippen LogP contribution in [-0.4, -0.2) is 19.1 Å². The Bertz CT molecular complexity index is 4580. The van der Waals surface area contributed by atoms with Crippen LogP contribution in [0.1, 0.15) is 101 Å². The predicted molar refractivity (Wildman–Crippen MR) is 346 cm³/mol. The molecule has 0 fully saturated rings. The van der Waals surface area contributed by atoms with Crippen LogP contribution in [0.25, 0.3) is 111 Å². The van der Waals surface area contributed by atoms with E-state index in [0.29, 0.717) is 39.5 Å². The number of ether oxygens (including phenoxy) is 1. The van der Waals surface area contributed by atoms with Gasteiger partial charge < -0.3 is 13.9 Å². The van der Waals surface area contributed by atoms with E-state index in [0.717, 1.165) is 77.9 Å². The van der Waals surface area contributed by atoms with E-state index < -0.39 is 11.6 Å². The van der Waals surface area contributed by atoms with Crippen molar-refractivity contribution in [1.82, 2.24) is 19.1 Å². The van der Waals surface area contributed by atoms with Gasteiger partial charge >= 0.3 is 21.1 Å². The molecule has 2 aromatic heterocycles. The van der Waals surface area contributed by atoms with E-state index in [1.54, 1.807) is 6.07 Å². The molecule has 0 saturated heterocycles. The Morgan fingerprint density at radius 2 is 0.837 bits per heavy atom. The van der Waals surface area contributed by atoms with Crippen LogP contribution in [0.5, 0.6) is 11.5 Å². The summed E-state index contributed by atoms with van der Waals surface area (Å²) < 4.78 is 43.2. The summed E-state index contributed by atoms with van der Waals surface area (Å²) in [6, 6.07) is 80.6. The summed E-state index contributed by atoms with van der Waals surface area (Å²) in [5.41, 5.74) is 18.6. The van der Waals surface area contributed by atoms with Crippen LogP contribution in [0.15, 0.2) is 218 Å². The summed E-state index contributed by atoms with van der Waals surface area (Å²) in [6.45, 7) is 17.9. The average molecular weight is 1310 g/mol. The molecule has 5 nitrogen and oxygen atoms in total. The topological polar surface area (TPSA) is 44.9 Å². The number of hydrogen-bond donors (Lipinski definition) is 0. The molecule has 0 aliphatic heterocycles. The van der Waals surface area contributed by atoms with Crippen LogP contribution < -0.4 is 4.74 Å². The number of aromatic nitrogens is 4. The molecule has 0 saturated carbocycles. The number of para-hydroxylation sites is 2. The maximum Gasteiger partial charge on any atom is 2.00 e. The Morgan fingerprint density at radius 3 is 1.42 bits per heavy atom. The Balaban J connectivity index is 0.00000724. The predicted octanol–water partition coefficient (Wildman–Crippen LogP) is 21.7. The van der Waals surface area contributed by atoms with Crippen LogP contribution in [0.4, 0.5) is 8.78 Å². The largest absolute Gasteiger partial charge is 2.00 e. The SMILES string of the molecule is CC(C)c1cc(-c2ccccc2)cc(C(C)C)c1-n1c(-c2[c-]c(Oc3[c-]c(-c4nc5ccc(-c6c(F)cccc6F)cc5n4-c4c(C(C)C)cc(-c5ccc(-c6ccccc6)cc5)cc4C(C)C)cc4ccccc34)ccc2)nc2ccccc21.[Pt+2]. The minimum atomic E-state index is -0.639. The summed E-state index contributed by atoms with van der Waals surface area (Å²) in [5, 5.41) is 1.77. The van der Waals surface area contributed by atoms with E-state index in [9.17, 15) is 0 Å². The fourth-order valence-corrected chi connectivity index (χ4v) is 12.1. The quantitative estimate of drug-likeness (QED) is 0.102. The van der Waals surface area contributed by atoms with E-state index in [1.807, 2.05) is 54.6 Å². The van der Waals surface area contributed by atoms with E-state index >= 15 is 8.78 Å². The average Bonchev–Trinajstić information content (AvgIpc) is 2.71. The fourth-order valence-electron chi connectivity index (χ4n) is 12.1. The third-order valence-corrected chi connectivity index (χ3v) is 16.4. The molecule has 0 N–H and O–H groups in total. The molecule has 0 atom stereocenters. The minimum absolute atomic E-state index is 0. The molecule has 2 heterocycles. The summed E-state index contributed by atoms with van der Waals surface area (Å²) >= 11 is 0. The van der Waals surface area contributed by atoms with Crippen molar-refractivity contribution < 1.29 is 34.6 Å². The first kappa shape index (κ1) is 57.4. The van der Waals surface area contributed by atoms with Gasteiger partial charge in [-0.15, -0.1) is 35.4 Å². The second-order valence-corrected chi connectivity index (χ2v) is 23.4. The van der Waals surface area contributed by atoms with Gasteiger partial charge in [0, 0.05) is 17.1 Å². The zero-order chi connectivity index (χ0) is 58.6. The molecule has 0 unspecified atom stereocenters. The molecule has 13 rings (SSSR count). The molecule has 0 amide bonds. The van der Waals surface area contributed by atoms with Crippen molar-refractivity contribution in [1.29, 1.82) is 0 Å². The maximum absolute atomic E-state index is 15.8. The normalized spacial score (nSPS) is 11.7. The van der Waals surface area contributed by atoms with Crippen LogP contribution in [0, 0.1) is 23.8 Å². The van der Waals surface area contributed by atoms with Crippen molar-refractivity contribution in [3.05, 3.63) is 264 Å². The van der Waals surface area contributed by atoms with Crippen molar-refractivity contribution in [2.24, 2.45) is 0 Å². The van der Waals surface area contributed by atoms with Gasteiger partial charge in [0.1, 0.15) is 11.6 Å². The van der Waals surface area contributed by atoms with Crippen molar-refractivity contribution in [2.75, 3.05) is 0 Å². The zero-order valence-corrected chi connectivity index (χ0v) is 51.6. The smallest absolute Gasteiger partial charge is 0.496 e. The monoisotopic (exact) mass is 1310 g/mol. The van der Waals surface area contributed by atoms with E-state index in [1.165, 1.54) is 40.5 Å². The third-order valence-electron chi connectivity index (χ3n) is 16.4. The molecular weight excluding hydrogens is 1240 g/mol. The minimum Gasteiger partial charge on any atom is -0.496 e. The second kappa shape index (κ2) is 23.8. The van der Waals surface area contributed by atoms with Crippen LogP contribution in [-0.2, 0) is 21.1 Å². The molecule has 0 aliphatic rings. The van der Waals surface area contributed by atoms with Crippen molar-refractivity contribution >= 4 is 32.8 Å². The number of halogens is 2. The number of imidazole rings is 2. The maximum atomic E-state index is 15.8. The number of nitrogens with zero attached hydrogens (tertiary/aromatic N) is 4. The molecule has 0 aliphatic carbocycles. The van der Waals surface area contributed by atoms with Crippen LogP contribution in [0.3, 0.4) is 0 Å². The molecule has 0 bridgehead atoms. The Labute approximate surface area is 516 Å². The number of benzene rings is 11. The molecule has 11 aromatic carbocycles. The van der Waals surface area contributed by atoms with E-state index in [-0.39, 0.29) is 50.3 Å². The summed E-state index contributed by atoms with van der Waals surface area (Å²) in [6.07, 6.45) is 0. The molecule has 13 aromatic rings. The van der Waals surface area contributed by atoms with Gasteiger partial charge in [-0.2, -0.15) is 0 Å². The molecular formula is C78H64F2N4OPt. The zero-order valence-electron chi connectivity index (χ0n) is 49.4. The number of hydrogen-bond acceptors (Lipinski definition) is 3. The Kier molecular flexibility index (Phi) is 15.9. The van der Waals surface area contributed by atoms with E-state index in [2.05, 4.69) is 216 Å². The first-order valence-corrected chi connectivity index (χ1v) is 29.5. The van der Waals surface area contributed by atoms with E-state index in [4.69, 9.17) is 14.7 Å². The van der Waals surface area contributed by atoms with Gasteiger partial charge in [0.05, 0.1) is 45.0 Å². The number of fused-ring (bicyclic) bond motifs is 3. The Morgan fingerprint density at radius 1 is 0.384 bits per heavy atom. The first-order valence-electron chi connectivity index (χ1n) is 29.5. The summed E-state index contributed by atoms with van der Waals surface area (Å²) in [7, 11) is 0. The fraction of sp³-hybridized carbons (Fsp3) is 0.154. The van der Waals surface area contributed by atoms with Gasteiger partial charge in [0.15, 0.2) is 0 Å². The summed E-state index contributed by atoms with van der Waals surface area (Å²) in [4.78, 5) is 10.8. The van der Waals surface area contributed by atoms with Gasteiger partial charge in [-0.05, 0) is 146 Å². The molecule has 0 spiro atoms. The van der Waals surface area contributed by atoms with Crippen molar-refractivity contribution in [3.8, 4) is 90.2 Å². The first-order chi connectivity index (χ1) is 41.3. The van der Waals surface area contributed by atoms with Gasteiger partial charge in [0.25, 0.3) is 0 Å². The van der Waals surface area contributed by atoms with Crippen LogP contribution >= 0.6 is 0 Å². The molecule has 426 valence electrons. The van der Waals surface area contributed by atoms with Crippen molar-refractivity contribution in [3.63, 3.8) is 0 Å². The second-order valence-electron chi connectivity index (χ2n) is 23.4. The van der Waals surface area contributed by atoms with Gasteiger partial charge in [0.2, 0.25) is 0 Å². The summed E-state index contributed by atoms with van der Waals surface area (Å²) in [5.74, 6) is 1.55. The van der Waals surface area contributed by atoms with Gasteiger partial charge in [-0.1, -0.05) is 212 Å². The van der Waals surface area contributed by atoms with Gasteiger partial charge in [-0.25, -0.2) is 8.78 Å². The van der Waals surface area contributed by atoms with Gasteiger partial charge in [-0.3, -0.25) is 9.97 Å². The molecule has 0 radical (unpaired) electrons.